The lowest BCUT2D eigenvalue weighted by Crippen LogP contribution is -2.52. The highest BCUT2D eigenvalue weighted by Gasteiger charge is 2.31. The van der Waals surface area contributed by atoms with Crippen molar-refractivity contribution in [3.05, 3.63) is 108 Å². The van der Waals surface area contributed by atoms with Gasteiger partial charge in [0.1, 0.15) is 19.2 Å². The zero-order valence-electron chi connectivity index (χ0n) is 18.8. The van der Waals surface area contributed by atoms with E-state index in [0.717, 1.165) is 11.1 Å². The van der Waals surface area contributed by atoms with Gasteiger partial charge < -0.3 is 20.6 Å². The summed E-state index contributed by atoms with van der Waals surface area (Å²) in [4.78, 5) is 55.2. The molecular weight excluding hydrogens is 450 g/mol. The summed E-state index contributed by atoms with van der Waals surface area (Å²) in [7, 11) is 0. The molecule has 0 radical (unpaired) electrons. The van der Waals surface area contributed by atoms with Gasteiger partial charge in [0.25, 0.3) is 5.91 Å². The number of ether oxygens (including phenoxy) is 1. The van der Waals surface area contributed by atoms with Gasteiger partial charge >= 0.3 is 12.1 Å². The van der Waals surface area contributed by atoms with Crippen molar-refractivity contribution >= 4 is 23.9 Å². The van der Waals surface area contributed by atoms with E-state index >= 15 is 0 Å². The van der Waals surface area contributed by atoms with Gasteiger partial charge in [0.15, 0.2) is 0 Å². The second-order valence-electron chi connectivity index (χ2n) is 7.53. The Hall–Kier alpha value is -4.66. The average Bonchev–Trinajstić information content (AvgIpc) is 2.87. The van der Waals surface area contributed by atoms with Crippen LogP contribution in [0.5, 0.6) is 0 Å². The van der Waals surface area contributed by atoms with Crippen LogP contribution in [0.3, 0.4) is 0 Å². The van der Waals surface area contributed by atoms with Crippen molar-refractivity contribution in [3.8, 4) is 0 Å². The first kappa shape index (κ1) is 25.0. The van der Waals surface area contributed by atoms with Crippen LogP contribution in [0.2, 0.25) is 0 Å². The molecule has 9 heteroatoms. The Morgan fingerprint density at radius 3 is 1.91 bits per heavy atom. The molecule has 0 spiro atoms. The van der Waals surface area contributed by atoms with E-state index < -0.39 is 36.5 Å². The topological polar surface area (TPSA) is 128 Å². The number of carbonyl (C=O) groups is 4. The van der Waals surface area contributed by atoms with E-state index in [0.29, 0.717) is 5.06 Å². The second kappa shape index (κ2) is 12.5. The second-order valence-corrected chi connectivity index (χ2v) is 7.53. The molecule has 0 aliphatic heterocycles. The molecule has 3 aromatic rings. The summed E-state index contributed by atoms with van der Waals surface area (Å²) >= 11 is 0. The minimum Gasteiger partial charge on any atom is -0.445 e. The van der Waals surface area contributed by atoms with Crippen LogP contribution >= 0.6 is 0 Å². The summed E-state index contributed by atoms with van der Waals surface area (Å²) < 4.78 is 5.24. The molecule has 0 aliphatic carbocycles. The molecule has 3 amide bonds. The maximum atomic E-state index is 13.3. The smallest absolute Gasteiger partial charge is 0.408 e. The predicted octanol–water partition coefficient (Wildman–Crippen LogP) is 2.61. The lowest BCUT2D eigenvalue weighted by molar-refractivity contribution is -0.171. The molecule has 9 nitrogen and oxygen atoms in total. The number of carbonyl (C=O) groups excluding carboxylic acids is 4. The number of nitrogens with zero attached hydrogens (tertiary/aromatic N) is 1. The van der Waals surface area contributed by atoms with Crippen molar-refractivity contribution in [1.82, 2.24) is 10.4 Å². The fraction of sp³-hybridized carbons (Fsp3) is 0.154. The number of amides is 3. The van der Waals surface area contributed by atoms with E-state index in [1.54, 1.807) is 66.7 Å². The first-order chi connectivity index (χ1) is 16.9. The van der Waals surface area contributed by atoms with Gasteiger partial charge in [-0.3, -0.25) is 9.59 Å². The largest absolute Gasteiger partial charge is 0.445 e. The quantitative estimate of drug-likeness (QED) is 0.458. The van der Waals surface area contributed by atoms with E-state index in [-0.39, 0.29) is 18.6 Å². The summed E-state index contributed by atoms with van der Waals surface area (Å²) in [5.74, 6) is -2.59. The molecule has 0 saturated heterocycles. The van der Waals surface area contributed by atoms with Crippen molar-refractivity contribution in [1.29, 1.82) is 0 Å². The Morgan fingerprint density at radius 1 is 0.800 bits per heavy atom. The van der Waals surface area contributed by atoms with Crippen LogP contribution in [0.25, 0.3) is 0 Å². The Bertz CT molecular complexity index is 1140. The monoisotopic (exact) mass is 475 g/mol. The van der Waals surface area contributed by atoms with E-state index in [4.69, 9.17) is 15.3 Å². The first-order valence-electron chi connectivity index (χ1n) is 10.8. The van der Waals surface area contributed by atoms with Crippen molar-refractivity contribution in [2.24, 2.45) is 5.73 Å². The highest BCUT2D eigenvalue weighted by Crippen LogP contribution is 2.10. The lowest BCUT2D eigenvalue weighted by atomic mass is 10.1. The van der Waals surface area contributed by atoms with E-state index in [1.807, 2.05) is 12.1 Å². The third kappa shape index (κ3) is 8.01. The SMILES string of the molecule is NC(=O)CN(OC(=O)c1ccccc1)C(=O)C(Cc1ccccc1)NC(=O)OCc1ccccc1. The fourth-order valence-electron chi connectivity index (χ4n) is 3.15. The van der Waals surface area contributed by atoms with Gasteiger partial charge in [0.2, 0.25) is 5.91 Å². The van der Waals surface area contributed by atoms with Gasteiger partial charge in [-0.2, -0.15) is 5.06 Å². The molecule has 3 aromatic carbocycles. The molecule has 1 unspecified atom stereocenters. The summed E-state index contributed by atoms with van der Waals surface area (Å²) in [6.45, 7) is -0.698. The highest BCUT2D eigenvalue weighted by molar-refractivity contribution is 5.93. The minimum atomic E-state index is -1.21. The number of benzene rings is 3. The molecule has 0 aliphatic rings. The molecule has 3 N–H and O–H groups in total. The van der Waals surface area contributed by atoms with Crippen molar-refractivity contribution in [3.63, 3.8) is 0 Å². The number of hydrogen-bond acceptors (Lipinski definition) is 6. The molecule has 0 aromatic heterocycles. The van der Waals surface area contributed by atoms with Gasteiger partial charge in [-0.1, -0.05) is 78.9 Å². The average molecular weight is 476 g/mol. The van der Waals surface area contributed by atoms with E-state index in [2.05, 4.69) is 5.32 Å². The van der Waals surface area contributed by atoms with Crippen molar-refractivity contribution in [2.75, 3.05) is 6.54 Å². The number of rotatable bonds is 9. The van der Waals surface area contributed by atoms with Crippen LogP contribution in [-0.2, 0) is 32.2 Å². The maximum Gasteiger partial charge on any atom is 0.408 e. The molecule has 180 valence electrons. The van der Waals surface area contributed by atoms with Gasteiger partial charge in [-0.25, -0.2) is 9.59 Å². The Morgan fingerprint density at radius 2 is 1.34 bits per heavy atom. The minimum absolute atomic E-state index is 0.00703. The summed E-state index contributed by atoms with van der Waals surface area (Å²) in [5, 5.41) is 3.06. The van der Waals surface area contributed by atoms with Crippen LogP contribution in [0.1, 0.15) is 21.5 Å². The Kier molecular flexibility index (Phi) is 8.95. The molecule has 3 rings (SSSR count). The van der Waals surface area contributed by atoms with Gasteiger partial charge in [-0.15, -0.1) is 0 Å². The van der Waals surface area contributed by atoms with Gasteiger partial charge in [0.05, 0.1) is 5.56 Å². The van der Waals surface area contributed by atoms with Gasteiger partial charge in [0, 0.05) is 6.42 Å². The highest BCUT2D eigenvalue weighted by atomic mass is 16.7. The third-order valence-corrected chi connectivity index (χ3v) is 4.83. The van der Waals surface area contributed by atoms with E-state index in [9.17, 15) is 19.2 Å². The summed E-state index contributed by atoms with van der Waals surface area (Å²) in [6.07, 6.45) is -0.797. The maximum absolute atomic E-state index is 13.3. The number of primary amides is 1. The zero-order valence-corrected chi connectivity index (χ0v) is 18.8. The summed E-state index contributed by atoms with van der Waals surface area (Å²) in [5.41, 5.74) is 6.94. The van der Waals surface area contributed by atoms with Crippen molar-refractivity contribution in [2.45, 2.75) is 19.1 Å². The first-order valence-corrected chi connectivity index (χ1v) is 10.8. The van der Waals surface area contributed by atoms with Gasteiger partial charge in [-0.05, 0) is 23.3 Å². The molecule has 1 atom stereocenters. The van der Waals surface area contributed by atoms with Crippen LogP contribution in [-0.4, -0.2) is 41.5 Å². The molecule has 0 saturated carbocycles. The Labute approximate surface area is 202 Å². The number of nitrogens with one attached hydrogen (secondary N) is 1. The fourth-order valence-corrected chi connectivity index (χ4v) is 3.15. The third-order valence-electron chi connectivity index (χ3n) is 4.83. The molecule has 0 fully saturated rings. The molecule has 0 bridgehead atoms. The predicted molar refractivity (Wildman–Crippen MR) is 126 cm³/mol. The molecule has 35 heavy (non-hydrogen) atoms. The molecular formula is C26H25N3O6. The molecule has 0 heterocycles. The zero-order chi connectivity index (χ0) is 25.0. The van der Waals surface area contributed by atoms with Crippen LogP contribution < -0.4 is 11.1 Å². The number of alkyl carbamates (subject to hydrolysis) is 1. The van der Waals surface area contributed by atoms with Crippen LogP contribution in [0.15, 0.2) is 91.0 Å². The number of hydroxylamine groups is 2. The lowest BCUT2D eigenvalue weighted by Gasteiger charge is -2.25. The standard InChI is InChI=1S/C26H25N3O6/c27-23(30)17-29(35-25(32)21-14-8-3-9-15-21)24(31)22(16-19-10-4-1-5-11-19)28-26(33)34-18-20-12-6-2-7-13-20/h1-15,22H,16-18H2,(H2,27,30)(H,28,33). The Balaban J connectivity index is 1.76. The summed E-state index contributed by atoms with van der Waals surface area (Å²) in [6, 6.07) is 24.7. The number of hydrogen-bond donors (Lipinski definition) is 2. The normalized spacial score (nSPS) is 11.1. The van der Waals surface area contributed by atoms with Crippen molar-refractivity contribution < 1.29 is 28.8 Å². The van der Waals surface area contributed by atoms with Crippen LogP contribution in [0, 0.1) is 0 Å². The van der Waals surface area contributed by atoms with E-state index in [1.165, 1.54) is 12.1 Å². The van der Waals surface area contributed by atoms with Crippen LogP contribution in [0.4, 0.5) is 4.79 Å². The number of nitrogens with two attached hydrogens (primary N) is 1.